The highest BCUT2D eigenvalue weighted by atomic mass is 32.2. The molecule has 32 heavy (non-hydrogen) atoms. The van der Waals surface area contributed by atoms with Crippen molar-refractivity contribution in [1.82, 2.24) is 19.8 Å². The number of carbonyl (C=O) groups is 2. The average Bonchev–Trinajstić information content (AvgIpc) is 3.53. The van der Waals surface area contributed by atoms with Crippen LogP contribution in [0.25, 0.3) is 16.6 Å². The monoisotopic (exact) mass is 446 g/mol. The summed E-state index contributed by atoms with van der Waals surface area (Å²) in [6.07, 6.45) is 8.91. The lowest BCUT2D eigenvalue weighted by molar-refractivity contribution is -0.127. The maximum atomic E-state index is 13.3. The smallest absolute Gasteiger partial charge is 0.255 e. The van der Waals surface area contributed by atoms with E-state index in [-0.39, 0.29) is 11.8 Å². The van der Waals surface area contributed by atoms with Crippen molar-refractivity contribution in [2.75, 3.05) is 31.9 Å². The Morgan fingerprint density at radius 2 is 1.88 bits per heavy atom. The molecule has 6 nitrogen and oxygen atoms in total. The average molecular weight is 447 g/mol. The van der Waals surface area contributed by atoms with E-state index in [1.807, 2.05) is 46.3 Å². The van der Waals surface area contributed by atoms with Crippen LogP contribution in [0.15, 0.2) is 59.8 Å². The molecule has 0 unspecified atom stereocenters. The van der Waals surface area contributed by atoms with E-state index in [1.54, 1.807) is 6.20 Å². The van der Waals surface area contributed by atoms with E-state index in [0.717, 1.165) is 53.8 Å². The fourth-order valence-corrected chi connectivity index (χ4v) is 5.40. The Bertz CT molecular complexity index is 1180. The van der Waals surface area contributed by atoms with E-state index >= 15 is 0 Å². The van der Waals surface area contributed by atoms with Crippen molar-refractivity contribution in [3.63, 3.8) is 0 Å². The Hall–Kier alpha value is -3.06. The van der Waals surface area contributed by atoms with E-state index in [9.17, 15) is 9.59 Å². The third-order valence-corrected chi connectivity index (χ3v) is 7.28. The topological polar surface area (TPSA) is 69.3 Å². The van der Waals surface area contributed by atoms with E-state index in [0.29, 0.717) is 24.4 Å². The molecule has 5 rings (SSSR count). The molecule has 1 aromatic carbocycles. The lowest BCUT2D eigenvalue weighted by atomic mass is 9.99. The summed E-state index contributed by atoms with van der Waals surface area (Å²) in [5.41, 5.74) is 3.97. The van der Waals surface area contributed by atoms with Gasteiger partial charge in [-0.25, -0.2) is 4.98 Å². The first-order chi connectivity index (χ1) is 15.7. The van der Waals surface area contributed by atoms with Gasteiger partial charge in [0.15, 0.2) is 0 Å². The number of aromatic nitrogens is 2. The van der Waals surface area contributed by atoms with Gasteiger partial charge < -0.3 is 14.8 Å². The van der Waals surface area contributed by atoms with Gasteiger partial charge in [-0.3, -0.25) is 9.59 Å². The van der Waals surface area contributed by atoms with E-state index in [4.69, 9.17) is 0 Å². The summed E-state index contributed by atoms with van der Waals surface area (Å²) >= 11 is 1.47. The lowest BCUT2D eigenvalue weighted by Gasteiger charge is -2.27. The van der Waals surface area contributed by atoms with E-state index < -0.39 is 0 Å². The standard InChI is InChI=1S/C25H26N4O2S/c30-23(28-12-3-4-13-28)17-32-22-8-2-1-6-20(22)25(31)29-14-9-18(10-15-29)21-16-27-24-19(21)7-5-11-26-24/h1-2,5-9,11,16H,3-4,10,12-15,17H2,(H,26,27). The number of likely N-dealkylation sites (tertiary alicyclic amines) is 1. The van der Waals surface area contributed by atoms with Crippen LogP contribution in [0.3, 0.4) is 0 Å². The zero-order chi connectivity index (χ0) is 21.9. The minimum Gasteiger partial charge on any atom is -0.346 e. The summed E-state index contributed by atoms with van der Waals surface area (Å²) in [5, 5.41) is 1.11. The Labute approximate surface area is 191 Å². The van der Waals surface area contributed by atoms with Gasteiger partial charge in [0.25, 0.3) is 5.91 Å². The zero-order valence-electron chi connectivity index (χ0n) is 17.9. The quantitative estimate of drug-likeness (QED) is 0.596. The van der Waals surface area contributed by atoms with Crippen molar-refractivity contribution in [1.29, 1.82) is 0 Å². The van der Waals surface area contributed by atoms with Crippen LogP contribution in [0, 0.1) is 0 Å². The summed E-state index contributed by atoms with van der Waals surface area (Å²) in [6, 6.07) is 11.7. The molecule has 2 aromatic heterocycles. The number of benzene rings is 1. The molecule has 3 aromatic rings. The van der Waals surface area contributed by atoms with Crippen LogP contribution in [0.1, 0.15) is 35.2 Å². The summed E-state index contributed by atoms with van der Waals surface area (Å²) in [7, 11) is 0. The van der Waals surface area contributed by atoms with Crippen LogP contribution in [0.4, 0.5) is 0 Å². The minimum atomic E-state index is 0.0256. The first kappa shape index (κ1) is 20.8. The maximum Gasteiger partial charge on any atom is 0.255 e. The Balaban J connectivity index is 1.27. The molecule has 0 spiro atoms. The van der Waals surface area contributed by atoms with Crippen molar-refractivity contribution in [3.05, 3.63) is 66.0 Å². The van der Waals surface area contributed by atoms with Gasteiger partial charge >= 0.3 is 0 Å². The molecule has 1 saturated heterocycles. The molecule has 0 saturated carbocycles. The molecular weight excluding hydrogens is 420 g/mol. The Kier molecular flexibility index (Phi) is 5.99. The van der Waals surface area contributed by atoms with Gasteiger partial charge in [0.05, 0.1) is 11.3 Å². The van der Waals surface area contributed by atoms with Crippen LogP contribution in [-0.2, 0) is 4.79 Å². The number of thioether (sulfide) groups is 1. The van der Waals surface area contributed by atoms with Crippen molar-refractivity contribution in [2.24, 2.45) is 0 Å². The van der Waals surface area contributed by atoms with Crippen LogP contribution >= 0.6 is 11.8 Å². The number of pyridine rings is 1. The maximum absolute atomic E-state index is 13.3. The van der Waals surface area contributed by atoms with Crippen LogP contribution in [0.2, 0.25) is 0 Å². The molecule has 2 amide bonds. The summed E-state index contributed by atoms with van der Waals surface area (Å²) in [6.45, 7) is 2.96. The van der Waals surface area contributed by atoms with Crippen LogP contribution in [0.5, 0.6) is 0 Å². The fraction of sp³-hybridized carbons (Fsp3) is 0.320. The summed E-state index contributed by atoms with van der Waals surface area (Å²) < 4.78 is 0. The SMILES string of the molecule is O=C(CSc1ccccc1C(=O)N1CC=C(c2c[nH]c3ncccc23)CC1)N1CCCC1. The molecule has 2 aliphatic heterocycles. The highest BCUT2D eigenvalue weighted by Gasteiger charge is 2.24. The van der Waals surface area contributed by atoms with Crippen molar-refractivity contribution in [3.8, 4) is 0 Å². The van der Waals surface area contributed by atoms with Gasteiger partial charge in [0.2, 0.25) is 5.91 Å². The number of fused-ring (bicyclic) bond motifs is 1. The minimum absolute atomic E-state index is 0.0256. The molecule has 4 heterocycles. The van der Waals surface area contributed by atoms with Gasteiger partial charge in [0, 0.05) is 54.4 Å². The number of amides is 2. The largest absolute Gasteiger partial charge is 0.346 e. The molecule has 1 N–H and O–H groups in total. The number of hydrogen-bond donors (Lipinski definition) is 1. The van der Waals surface area contributed by atoms with Gasteiger partial charge in [-0.1, -0.05) is 18.2 Å². The van der Waals surface area contributed by atoms with Gasteiger partial charge in [0.1, 0.15) is 5.65 Å². The normalized spacial score (nSPS) is 16.4. The molecule has 2 aliphatic rings. The highest BCUT2D eigenvalue weighted by Crippen LogP contribution is 2.30. The number of carbonyl (C=O) groups excluding carboxylic acids is 2. The lowest BCUT2D eigenvalue weighted by Crippen LogP contribution is -2.35. The Morgan fingerprint density at radius 3 is 2.69 bits per heavy atom. The fourth-order valence-electron chi connectivity index (χ4n) is 4.46. The first-order valence-corrected chi connectivity index (χ1v) is 12.1. The molecule has 0 atom stereocenters. The van der Waals surface area contributed by atoms with Gasteiger partial charge in [-0.05, 0) is 49.1 Å². The predicted octanol–water partition coefficient (Wildman–Crippen LogP) is 4.21. The third-order valence-electron chi connectivity index (χ3n) is 6.22. The van der Waals surface area contributed by atoms with Crippen molar-refractivity contribution in [2.45, 2.75) is 24.2 Å². The molecule has 0 radical (unpaired) electrons. The van der Waals surface area contributed by atoms with E-state index in [2.05, 4.69) is 22.1 Å². The number of hydrogen-bond acceptors (Lipinski definition) is 4. The number of rotatable bonds is 5. The van der Waals surface area contributed by atoms with Crippen LogP contribution < -0.4 is 0 Å². The first-order valence-electron chi connectivity index (χ1n) is 11.1. The number of H-pyrrole nitrogens is 1. The summed E-state index contributed by atoms with van der Waals surface area (Å²) in [4.78, 5) is 38.0. The number of nitrogens with one attached hydrogen (secondary N) is 1. The second-order valence-electron chi connectivity index (χ2n) is 8.21. The number of nitrogens with zero attached hydrogens (tertiary/aromatic N) is 3. The van der Waals surface area contributed by atoms with E-state index in [1.165, 1.54) is 17.3 Å². The molecule has 164 valence electrons. The highest BCUT2D eigenvalue weighted by molar-refractivity contribution is 8.00. The second kappa shape index (κ2) is 9.20. The molecule has 0 bridgehead atoms. The second-order valence-corrected chi connectivity index (χ2v) is 9.22. The third kappa shape index (κ3) is 4.17. The molecule has 7 heteroatoms. The predicted molar refractivity (Wildman–Crippen MR) is 128 cm³/mol. The van der Waals surface area contributed by atoms with Crippen molar-refractivity contribution >= 4 is 40.2 Å². The molecule has 0 aliphatic carbocycles. The van der Waals surface area contributed by atoms with Crippen LogP contribution in [-0.4, -0.2) is 63.5 Å². The zero-order valence-corrected chi connectivity index (χ0v) is 18.7. The summed E-state index contributed by atoms with van der Waals surface area (Å²) in [5.74, 6) is 0.564. The van der Waals surface area contributed by atoms with Crippen molar-refractivity contribution < 1.29 is 9.59 Å². The molecular formula is C25H26N4O2S. The van der Waals surface area contributed by atoms with Gasteiger partial charge in [-0.15, -0.1) is 11.8 Å². The number of aromatic amines is 1. The van der Waals surface area contributed by atoms with Gasteiger partial charge in [-0.2, -0.15) is 0 Å². The molecule has 1 fully saturated rings. The Morgan fingerprint density at radius 1 is 1.03 bits per heavy atom.